The molecule has 2 heterocycles. The molecular formula is C30H48N4O8S. The summed E-state index contributed by atoms with van der Waals surface area (Å²) in [6, 6.07) is -2.25. The van der Waals surface area contributed by atoms with Gasteiger partial charge in [-0.25, -0.2) is 13.2 Å². The van der Waals surface area contributed by atoms with Crippen molar-refractivity contribution in [3.8, 4) is 0 Å². The van der Waals surface area contributed by atoms with E-state index in [-0.39, 0.29) is 31.2 Å². The summed E-state index contributed by atoms with van der Waals surface area (Å²) in [5, 5.41) is 23.7. The van der Waals surface area contributed by atoms with Gasteiger partial charge in [-0.15, -0.1) is 0 Å². The van der Waals surface area contributed by atoms with Gasteiger partial charge in [-0.1, -0.05) is 32.4 Å². The SMILES string of the molecule is CC[C@@H]1C[C@H](C)CC/C=C\[C@@H]2C[C@@]2(C(=O)NS(=O)(=O)C2(C)CC2)NC(=O)[C@@H]2C[C@@H](O)CN2C(=O)[C@H]1N(C(=O)O)C(C)(C)C. The van der Waals surface area contributed by atoms with Crippen LogP contribution in [0, 0.1) is 17.8 Å². The van der Waals surface area contributed by atoms with Crippen molar-refractivity contribution in [3.05, 3.63) is 12.2 Å². The Morgan fingerprint density at radius 1 is 1.21 bits per heavy atom. The molecule has 3 fully saturated rings. The zero-order valence-corrected chi connectivity index (χ0v) is 26.9. The molecule has 4 amide bonds. The number of nitrogens with one attached hydrogen (secondary N) is 2. The molecule has 0 aromatic carbocycles. The van der Waals surface area contributed by atoms with Crippen molar-refractivity contribution >= 4 is 33.8 Å². The smallest absolute Gasteiger partial charge is 0.408 e. The lowest BCUT2D eigenvalue weighted by atomic mass is 9.82. The summed E-state index contributed by atoms with van der Waals surface area (Å²) in [6.07, 6.45) is 5.03. The highest BCUT2D eigenvalue weighted by molar-refractivity contribution is 7.91. The number of allylic oxidation sites excluding steroid dienone is 1. The molecule has 0 unspecified atom stereocenters. The van der Waals surface area contributed by atoms with Crippen LogP contribution in [0.3, 0.4) is 0 Å². The number of amides is 4. The highest BCUT2D eigenvalue weighted by atomic mass is 32.2. The van der Waals surface area contributed by atoms with E-state index in [9.17, 15) is 37.8 Å². The molecule has 12 nitrogen and oxygen atoms in total. The summed E-state index contributed by atoms with van der Waals surface area (Å²) in [4.78, 5) is 56.9. The molecule has 13 heteroatoms. The summed E-state index contributed by atoms with van der Waals surface area (Å²) in [7, 11) is -3.96. The lowest BCUT2D eigenvalue weighted by Gasteiger charge is -2.44. The van der Waals surface area contributed by atoms with Crippen molar-refractivity contribution in [2.24, 2.45) is 17.8 Å². The lowest BCUT2D eigenvalue weighted by molar-refractivity contribution is -0.146. The van der Waals surface area contributed by atoms with Gasteiger partial charge in [0, 0.05) is 24.4 Å². The summed E-state index contributed by atoms with van der Waals surface area (Å²) >= 11 is 0. The van der Waals surface area contributed by atoms with E-state index in [1.54, 1.807) is 27.7 Å². The summed E-state index contributed by atoms with van der Waals surface area (Å²) in [5.74, 6) is -2.69. The molecule has 242 valence electrons. The van der Waals surface area contributed by atoms with Gasteiger partial charge in [-0.05, 0) is 78.1 Å². The minimum absolute atomic E-state index is 0.0886. The van der Waals surface area contributed by atoms with Crippen LogP contribution < -0.4 is 10.0 Å². The number of fused-ring (bicyclic) bond motifs is 2. The van der Waals surface area contributed by atoms with Crippen LogP contribution in [0.5, 0.6) is 0 Å². The third kappa shape index (κ3) is 6.57. The minimum atomic E-state index is -3.96. The summed E-state index contributed by atoms with van der Waals surface area (Å²) in [6.45, 7) is 10.6. The van der Waals surface area contributed by atoms with Gasteiger partial charge in [0.05, 0.1) is 10.9 Å². The fraction of sp³-hybridized carbons (Fsp3) is 0.800. The predicted octanol–water partition coefficient (Wildman–Crippen LogP) is 2.37. The fourth-order valence-electron chi connectivity index (χ4n) is 6.68. The third-order valence-corrected chi connectivity index (χ3v) is 12.0. The molecule has 2 saturated carbocycles. The zero-order valence-electron chi connectivity index (χ0n) is 26.1. The van der Waals surface area contributed by atoms with Crippen LogP contribution in [0.25, 0.3) is 0 Å². The molecule has 2 aliphatic heterocycles. The first-order chi connectivity index (χ1) is 19.9. The Labute approximate surface area is 254 Å². The highest BCUT2D eigenvalue weighted by Crippen LogP contribution is 2.47. The van der Waals surface area contributed by atoms with Crippen molar-refractivity contribution in [2.75, 3.05) is 6.54 Å². The van der Waals surface area contributed by atoms with E-state index in [0.717, 1.165) is 6.42 Å². The van der Waals surface area contributed by atoms with Gasteiger partial charge in [0.2, 0.25) is 21.8 Å². The highest BCUT2D eigenvalue weighted by Gasteiger charge is 2.63. The number of aliphatic hydroxyl groups excluding tert-OH is 1. The van der Waals surface area contributed by atoms with Crippen molar-refractivity contribution in [2.45, 2.75) is 127 Å². The van der Waals surface area contributed by atoms with Crippen LogP contribution in [0.2, 0.25) is 0 Å². The van der Waals surface area contributed by atoms with Gasteiger partial charge in [0.1, 0.15) is 17.6 Å². The number of carbonyl (C=O) groups is 4. The molecule has 0 radical (unpaired) electrons. The number of sulfonamides is 1. The molecule has 7 atom stereocenters. The topological polar surface area (TPSA) is 173 Å². The average molecular weight is 625 g/mol. The first kappa shape index (κ1) is 33.2. The summed E-state index contributed by atoms with van der Waals surface area (Å²) < 4.78 is 27.0. The molecule has 4 N–H and O–H groups in total. The second-order valence-corrected chi connectivity index (χ2v) is 16.5. The number of nitrogens with zero attached hydrogens (tertiary/aromatic N) is 2. The second-order valence-electron chi connectivity index (χ2n) is 14.3. The van der Waals surface area contributed by atoms with Gasteiger partial charge in [-0.2, -0.15) is 0 Å². The van der Waals surface area contributed by atoms with Crippen molar-refractivity contribution < 1.29 is 37.8 Å². The normalized spacial score (nSPS) is 35.4. The Balaban J connectivity index is 1.73. The Morgan fingerprint density at radius 2 is 1.86 bits per heavy atom. The number of carboxylic acid groups (broad SMARTS) is 1. The van der Waals surface area contributed by atoms with Crippen LogP contribution >= 0.6 is 0 Å². The van der Waals surface area contributed by atoms with Gasteiger partial charge < -0.3 is 20.4 Å². The molecule has 0 spiro atoms. The van der Waals surface area contributed by atoms with Gasteiger partial charge in [0.25, 0.3) is 5.91 Å². The minimum Gasteiger partial charge on any atom is -0.465 e. The maximum Gasteiger partial charge on any atom is 0.408 e. The van der Waals surface area contributed by atoms with Gasteiger partial charge in [-0.3, -0.25) is 24.0 Å². The Hall–Kier alpha value is -2.67. The van der Waals surface area contributed by atoms with Crippen LogP contribution in [-0.4, -0.2) is 92.8 Å². The van der Waals surface area contributed by atoms with E-state index < -0.39 is 73.8 Å². The Kier molecular flexibility index (Phi) is 9.03. The number of rotatable bonds is 5. The van der Waals surface area contributed by atoms with Gasteiger partial charge in [0.15, 0.2) is 0 Å². The van der Waals surface area contributed by atoms with Crippen LogP contribution in [0.15, 0.2) is 12.2 Å². The van der Waals surface area contributed by atoms with E-state index in [0.29, 0.717) is 32.1 Å². The fourth-order valence-corrected chi connectivity index (χ4v) is 7.99. The number of hydrogen-bond donors (Lipinski definition) is 4. The van der Waals surface area contributed by atoms with E-state index in [1.807, 2.05) is 19.1 Å². The van der Waals surface area contributed by atoms with Crippen LogP contribution in [-0.2, 0) is 24.4 Å². The quantitative estimate of drug-likeness (QED) is 0.338. The molecule has 2 aliphatic carbocycles. The third-order valence-electron chi connectivity index (χ3n) is 9.79. The maximum absolute atomic E-state index is 14.4. The van der Waals surface area contributed by atoms with Crippen molar-refractivity contribution in [3.63, 3.8) is 0 Å². The largest absolute Gasteiger partial charge is 0.465 e. The van der Waals surface area contributed by atoms with Crippen LogP contribution in [0.4, 0.5) is 4.79 Å². The molecular weight excluding hydrogens is 576 g/mol. The second kappa shape index (κ2) is 11.7. The van der Waals surface area contributed by atoms with Gasteiger partial charge >= 0.3 is 6.09 Å². The van der Waals surface area contributed by atoms with E-state index in [2.05, 4.69) is 17.0 Å². The molecule has 1 saturated heterocycles. The van der Waals surface area contributed by atoms with Crippen molar-refractivity contribution in [1.29, 1.82) is 0 Å². The molecule has 0 aromatic heterocycles. The monoisotopic (exact) mass is 624 g/mol. The molecule has 0 aromatic rings. The number of carbonyl (C=O) groups excluding carboxylic acids is 3. The average Bonchev–Trinajstić information content (AvgIpc) is 3.77. The first-order valence-corrected chi connectivity index (χ1v) is 16.9. The van der Waals surface area contributed by atoms with E-state index >= 15 is 0 Å². The zero-order chi connectivity index (χ0) is 32.1. The maximum atomic E-state index is 14.4. The first-order valence-electron chi connectivity index (χ1n) is 15.4. The standard InChI is InChI=1S/C30H48N4O8S/c1-7-19-14-18(2)10-8-9-11-20-16-30(20,26(38)32-43(41,42)29(6)12-13-29)31-24(36)22-15-21(35)17-33(22)25(37)23(19)34(27(39)40)28(3,4)5/h9,11,18-23,35H,7-8,10,12-17H2,1-6H3,(H,31,36)(H,32,38)(H,39,40)/b11-9-/t18-,19-,20-,21-,22+,23+,30-/m1/s1. The van der Waals surface area contributed by atoms with E-state index in [4.69, 9.17) is 0 Å². The Bertz CT molecular complexity index is 1270. The predicted molar refractivity (Wildman–Crippen MR) is 159 cm³/mol. The Morgan fingerprint density at radius 3 is 2.42 bits per heavy atom. The van der Waals surface area contributed by atoms with Crippen molar-refractivity contribution in [1.82, 2.24) is 19.8 Å². The number of aliphatic hydroxyl groups is 1. The van der Waals surface area contributed by atoms with E-state index in [1.165, 1.54) is 9.80 Å². The molecule has 0 bridgehead atoms. The molecule has 4 aliphatic rings. The molecule has 4 rings (SSSR count). The number of hydrogen-bond acceptors (Lipinski definition) is 7. The lowest BCUT2D eigenvalue weighted by Crippen LogP contribution is -2.62. The summed E-state index contributed by atoms with van der Waals surface area (Å²) in [5.41, 5.74) is -2.44. The molecule has 43 heavy (non-hydrogen) atoms. The van der Waals surface area contributed by atoms with Crippen LogP contribution in [0.1, 0.15) is 92.9 Å².